The minimum Gasteiger partial charge on any atom is -0.744 e. The molecular weight excluding hydrogens is 910 g/mol. The maximum Gasteiger partial charge on any atom is 2.00 e. The molecule has 0 heterocycles. The van der Waals surface area contributed by atoms with Gasteiger partial charge in [-0.3, -0.25) is 0 Å². The SMILES string of the molecule is CCc1cc(N=Nc2c(O)cc(S(=O)(=O)[O-])c3ccccc23)ccc1[N+](=O)O.CCc1cc(N=Nc2c(O)cc(S(=O)(=O)[O-])c3ccccc23)ccc1[N+](=O)O.[Ba+2]. The topological polar surface area (TPSA) is 285 Å². The summed E-state index contributed by atoms with van der Waals surface area (Å²) < 4.78 is 68.9. The molecule has 0 bridgehead atoms. The van der Waals surface area contributed by atoms with Gasteiger partial charge in [0.25, 0.3) is 9.85 Å². The number of hydrogen-bond donors (Lipinski definition) is 4. The minimum atomic E-state index is -4.80. The zero-order chi connectivity index (χ0) is 40.9. The van der Waals surface area contributed by atoms with E-state index in [-0.39, 0.29) is 103 Å². The zero-order valence-corrected chi connectivity index (χ0v) is 36.0. The van der Waals surface area contributed by atoms with Crippen LogP contribution in [0.4, 0.5) is 34.1 Å². The van der Waals surface area contributed by atoms with Gasteiger partial charge in [-0.05, 0) is 37.1 Å². The molecule has 6 aromatic carbocycles. The first-order valence-corrected chi connectivity index (χ1v) is 19.1. The number of fused-ring (bicyclic) bond motifs is 2. The van der Waals surface area contributed by atoms with Gasteiger partial charge >= 0.3 is 60.3 Å². The van der Waals surface area contributed by atoms with E-state index in [0.717, 1.165) is 12.1 Å². The summed E-state index contributed by atoms with van der Waals surface area (Å²) in [4.78, 5) is 20.7. The molecular formula is C36H30BaN6O12S2+2. The van der Waals surface area contributed by atoms with Crippen molar-refractivity contribution in [3.8, 4) is 11.5 Å². The van der Waals surface area contributed by atoms with Crippen LogP contribution in [0.3, 0.4) is 0 Å². The second kappa shape index (κ2) is 18.4. The van der Waals surface area contributed by atoms with Gasteiger partial charge in [0.05, 0.1) is 31.0 Å². The van der Waals surface area contributed by atoms with Crippen molar-refractivity contribution in [1.82, 2.24) is 0 Å². The van der Waals surface area contributed by atoms with Gasteiger partial charge in [0.2, 0.25) is 0 Å². The van der Waals surface area contributed by atoms with Crippen molar-refractivity contribution >= 4 is 125 Å². The Balaban J connectivity index is 0.000000248. The van der Waals surface area contributed by atoms with Crippen molar-refractivity contribution in [3.05, 3.63) is 118 Å². The molecule has 288 valence electrons. The van der Waals surface area contributed by atoms with Crippen LogP contribution < -0.4 is 0 Å². The first kappa shape index (κ1) is 44.5. The average Bonchev–Trinajstić information content (AvgIpc) is 3.15. The molecule has 0 amide bonds. The van der Waals surface area contributed by atoms with Gasteiger partial charge < -0.3 is 19.3 Å². The third-order valence-electron chi connectivity index (χ3n) is 8.29. The molecule has 0 unspecified atom stereocenters. The summed E-state index contributed by atoms with van der Waals surface area (Å²) in [6, 6.07) is 22.7. The van der Waals surface area contributed by atoms with Gasteiger partial charge in [-0.2, -0.15) is 10.2 Å². The van der Waals surface area contributed by atoms with E-state index in [2.05, 4.69) is 20.5 Å². The molecule has 0 saturated heterocycles. The number of aryl methyl sites for hydroxylation is 2. The summed E-state index contributed by atoms with van der Waals surface area (Å²) in [6.07, 6.45) is 0.921. The van der Waals surface area contributed by atoms with E-state index in [1.165, 1.54) is 48.5 Å². The van der Waals surface area contributed by atoms with Crippen LogP contribution in [0, 0.1) is 9.81 Å². The molecule has 4 N–H and O–H groups in total. The van der Waals surface area contributed by atoms with Crippen LogP contribution in [0.2, 0.25) is 0 Å². The molecule has 0 aliphatic carbocycles. The van der Waals surface area contributed by atoms with Gasteiger partial charge in [0, 0.05) is 56.9 Å². The first-order valence-electron chi connectivity index (χ1n) is 16.3. The second-order valence-corrected chi connectivity index (χ2v) is 14.5. The molecule has 0 radical (unpaired) electrons. The maximum absolute atomic E-state index is 11.5. The van der Waals surface area contributed by atoms with Crippen molar-refractivity contribution in [1.29, 1.82) is 0 Å². The third-order valence-corrected chi connectivity index (χ3v) is 10.0. The number of benzene rings is 6. The fourth-order valence-corrected chi connectivity index (χ4v) is 7.08. The molecule has 0 spiro atoms. The fraction of sp³-hybridized carbons (Fsp3) is 0.111. The molecule has 6 rings (SSSR count). The van der Waals surface area contributed by atoms with Crippen molar-refractivity contribution < 1.29 is 56.4 Å². The molecule has 0 aliphatic rings. The molecule has 0 saturated carbocycles. The monoisotopic (exact) mass is 940 g/mol. The van der Waals surface area contributed by atoms with Crippen LogP contribution in [0.25, 0.3) is 21.5 Å². The van der Waals surface area contributed by atoms with Gasteiger partial charge in [-0.15, -0.1) is 10.2 Å². The molecule has 0 aromatic heterocycles. The minimum absolute atomic E-state index is 0. The van der Waals surface area contributed by atoms with E-state index >= 15 is 0 Å². The normalized spacial score (nSPS) is 11.7. The van der Waals surface area contributed by atoms with Crippen LogP contribution in [-0.2, 0) is 33.1 Å². The standard InChI is InChI=1S/2C18H15N3O6S.Ba/c2*1-2-11-9-12(7-8-15(11)21(23)24)19-20-18-14-6-4-3-5-13(14)17(10-16(18)22)28(25,26)27;/h2*3-10H,2H2,1H3,(H2-,19,22,23,24,25,26,27);/q;;+2. The van der Waals surface area contributed by atoms with Crippen LogP contribution in [-0.4, -0.2) is 105 Å². The van der Waals surface area contributed by atoms with Gasteiger partial charge in [-0.1, -0.05) is 62.4 Å². The van der Waals surface area contributed by atoms with Crippen LogP contribution in [0.1, 0.15) is 25.0 Å². The molecule has 21 heteroatoms. The smallest absolute Gasteiger partial charge is 0.744 e. The van der Waals surface area contributed by atoms with Crippen molar-refractivity contribution in [3.63, 3.8) is 0 Å². The van der Waals surface area contributed by atoms with Crippen molar-refractivity contribution in [2.24, 2.45) is 20.5 Å². The van der Waals surface area contributed by atoms with Crippen LogP contribution in [0.5, 0.6) is 11.5 Å². The Labute approximate surface area is 364 Å². The van der Waals surface area contributed by atoms with Gasteiger partial charge in [0.1, 0.15) is 43.1 Å². The quantitative estimate of drug-likeness (QED) is 0.0439. The first-order chi connectivity index (χ1) is 26.4. The Morgan fingerprint density at radius 3 is 1.18 bits per heavy atom. The molecule has 0 aliphatic heterocycles. The summed E-state index contributed by atoms with van der Waals surface area (Å²) in [5.41, 5.74) is 1.94. The van der Waals surface area contributed by atoms with Crippen LogP contribution >= 0.6 is 0 Å². The zero-order valence-electron chi connectivity index (χ0n) is 29.9. The summed E-state index contributed by atoms with van der Waals surface area (Å²) in [7, 11) is -9.60. The van der Waals surface area contributed by atoms with Crippen molar-refractivity contribution in [2.45, 2.75) is 36.5 Å². The van der Waals surface area contributed by atoms with E-state index in [4.69, 9.17) is 10.4 Å². The second-order valence-electron chi connectivity index (χ2n) is 11.8. The van der Waals surface area contributed by atoms with E-state index in [1.807, 2.05) is 0 Å². The molecule has 0 fully saturated rings. The largest absolute Gasteiger partial charge is 2.00 e. The van der Waals surface area contributed by atoms with E-state index in [0.29, 0.717) is 35.3 Å². The number of phenols is 2. The molecule has 57 heavy (non-hydrogen) atoms. The summed E-state index contributed by atoms with van der Waals surface area (Å²) in [5.74, 6) is -1.02. The Kier molecular flexibility index (Phi) is 14.4. The Hall–Kier alpha value is -5.17. The Morgan fingerprint density at radius 1 is 0.544 bits per heavy atom. The summed E-state index contributed by atoms with van der Waals surface area (Å²) in [6.45, 7) is 3.59. The fourth-order valence-electron chi connectivity index (χ4n) is 5.67. The number of azo groups is 2. The average molecular weight is 940 g/mol. The summed E-state index contributed by atoms with van der Waals surface area (Å²) in [5, 5.41) is 55.4. The van der Waals surface area contributed by atoms with E-state index in [1.54, 1.807) is 50.2 Å². The Morgan fingerprint density at radius 2 is 0.877 bits per heavy atom. The number of hydrogen-bond acceptors (Lipinski definition) is 14. The molecule has 6 aromatic rings. The number of rotatable bonds is 10. The maximum atomic E-state index is 11.5. The molecule has 18 nitrogen and oxygen atoms in total. The summed E-state index contributed by atoms with van der Waals surface area (Å²) >= 11 is 0. The van der Waals surface area contributed by atoms with Crippen LogP contribution in [0.15, 0.2) is 127 Å². The number of aromatic hydroxyl groups is 2. The van der Waals surface area contributed by atoms with E-state index < -0.39 is 41.5 Å². The predicted molar refractivity (Wildman–Crippen MR) is 203 cm³/mol. The number of nitrogens with zero attached hydrogens (tertiary/aromatic N) is 6. The van der Waals surface area contributed by atoms with E-state index in [9.17, 15) is 46.0 Å². The van der Waals surface area contributed by atoms with Crippen molar-refractivity contribution in [2.75, 3.05) is 0 Å². The number of phenolic OH excluding ortho intramolecular Hbond substituents is 2. The van der Waals surface area contributed by atoms with Gasteiger partial charge in [-0.25, -0.2) is 27.3 Å². The third kappa shape index (κ3) is 10.2. The van der Waals surface area contributed by atoms with Gasteiger partial charge in [0.15, 0.2) is 0 Å². The Bertz CT molecular complexity index is 2640. The predicted octanol–water partition coefficient (Wildman–Crippen LogP) is 8.07. The molecule has 0 atom stereocenters.